The summed E-state index contributed by atoms with van der Waals surface area (Å²) in [5.74, 6) is 0.694. The molecule has 16 heavy (non-hydrogen) atoms. The van der Waals surface area contributed by atoms with Gasteiger partial charge in [-0.2, -0.15) is 0 Å². The third-order valence-corrected chi connectivity index (χ3v) is 2.91. The Morgan fingerprint density at radius 3 is 3.00 bits per heavy atom. The Morgan fingerprint density at radius 1 is 1.50 bits per heavy atom. The van der Waals surface area contributed by atoms with Crippen LogP contribution in [0.15, 0.2) is 33.8 Å². The number of hydrogen-bond acceptors (Lipinski definition) is 5. The summed E-state index contributed by atoms with van der Waals surface area (Å²) >= 11 is 1.43. The number of benzene rings is 1. The minimum absolute atomic E-state index is 0. The second-order valence-electron chi connectivity index (χ2n) is 2.90. The van der Waals surface area contributed by atoms with Gasteiger partial charge in [-0.3, -0.25) is 5.41 Å². The first kappa shape index (κ1) is 13.3. The lowest BCUT2D eigenvalue weighted by Gasteiger charge is -1.98. The standard InChI is InChI=1S/C10H10N2O2S.HI/c1-13-9(11)6-15-10-7-4-2-3-5-8(7)14-12-10;/h2-5,11H,6H2,1H3;1H. The number of methoxy groups -OCH3 is 1. The van der Waals surface area contributed by atoms with Crippen molar-refractivity contribution in [1.29, 1.82) is 5.41 Å². The van der Waals surface area contributed by atoms with Crippen LogP contribution in [0.1, 0.15) is 0 Å². The van der Waals surface area contributed by atoms with E-state index in [0.29, 0.717) is 5.75 Å². The van der Waals surface area contributed by atoms with Crippen LogP contribution < -0.4 is 0 Å². The quantitative estimate of drug-likeness (QED) is 0.400. The van der Waals surface area contributed by atoms with E-state index in [-0.39, 0.29) is 29.9 Å². The highest BCUT2D eigenvalue weighted by Crippen LogP contribution is 2.26. The highest BCUT2D eigenvalue weighted by Gasteiger charge is 2.08. The lowest BCUT2D eigenvalue weighted by molar-refractivity contribution is 0.397. The summed E-state index contributed by atoms with van der Waals surface area (Å²) in [6.45, 7) is 0. The van der Waals surface area contributed by atoms with Crippen LogP contribution in [-0.2, 0) is 4.74 Å². The fourth-order valence-corrected chi connectivity index (χ4v) is 1.96. The van der Waals surface area contributed by atoms with Gasteiger partial charge >= 0.3 is 0 Å². The van der Waals surface area contributed by atoms with E-state index in [1.165, 1.54) is 18.9 Å². The molecule has 0 aliphatic rings. The van der Waals surface area contributed by atoms with E-state index in [1.807, 2.05) is 24.3 Å². The molecule has 0 amide bonds. The van der Waals surface area contributed by atoms with Gasteiger partial charge in [0.05, 0.1) is 18.2 Å². The highest BCUT2D eigenvalue weighted by molar-refractivity contribution is 14.0. The molecule has 2 rings (SSSR count). The second-order valence-corrected chi connectivity index (χ2v) is 3.86. The zero-order valence-electron chi connectivity index (χ0n) is 8.60. The predicted octanol–water partition coefficient (Wildman–Crippen LogP) is 3.16. The van der Waals surface area contributed by atoms with Gasteiger partial charge in [-0.1, -0.05) is 29.1 Å². The molecule has 0 spiro atoms. The molecule has 1 aromatic heterocycles. The minimum Gasteiger partial charge on any atom is -0.484 e. The van der Waals surface area contributed by atoms with Gasteiger partial charge in [-0.05, 0) is 12.1 Å². The van der Waals surface area contributed by atoms with Gasteiger partial charge in [0.25, 0.3) is 0 Å². The summed E-state index contributed by atoms with van der Waals surface area (Å²) in [5, 5.41) is 13.1. The van der Waals surface area contributed by atoms with Crippen LogP contribution in [0.25, 0.3) is 11.0 Å². The van der Waals surface area contributed by atoms with Gasteiger partial charge in [-0.25, -0.2) is 0 Å². The molecule has 0 aliphatic heterocycles. The summed E-state index contributed by atoms with van der Waals surface area (Å²) in [6, 6.07) is 7.66. The Balaban J connectivity index is 0.00000128. The number of hydrogen-bond donors (Lipinski definition) is 1. The van der Waals surface area contributed by atoms with E-state index in [4.69, 9.17) is 14.7 Å². The van der Waals surface area contributed by atoms with Crippen LogP contribution in [0.3, 0.4) is 0 Å². The lowest BCUT2D eigenvalue weighted by Crippen LogP contribution is -2.01. The van der Waals surface area contributed by atoms with Crippen molar-refractivity contribution in [3.05, 3.63) is 24.3 Å². The number of para-hydroxylation sites is 1. The first-order chi connectivity index (χ1) is 7.31. The number of thioether (sulfide) groups is 1. The van der Waals surface area contributed by atoms with Crippen LogP contribution >= 0.6 is 35.7 Å². The van der Waals surface area contributed by atoms with Gasteiger partial charge in [0.15, 0.2) is 11.5 Å². The predicted molar refractivity (Wildman–Crippen MR) is 74.9 cm³/mol. The van der Waals surface area contributed by atoms with E-state index in [0.717, 1.165) is 16.0 Å². The van der Waals surface area contributed by atoms with Gasteiger partial charge in [0.1, 0.15) is 5.03 Å². The van der Waals surface area contributed by atoms with Crippen molar-refractivity contribution in [2.75, 3.05) is 12.9 Å². The third-order valence-electron chi connectivity index (χ3n) is 1.93. The first-order valence-electron chi connectivity index (χ1n) is 4.40. The number of halogens is 1. The van der Waals surface area contributed by atoms with Gasteiger partial charge in [-0.15, -0.1) is 24.0 Å². The zero-order valence-corrected chi connectivity index (χ0v) is 11.7. The SMILES string of the molecule is COC(=N)CSc1noc2ccccc12.I. The van der Waals surface area contributed by atoms with Crippen molar-refractivity contribution >= 4 is 52.6 Å². The smallest absolute Gasteiger partial charge is 0.190 e. The van der Waals surface area contributed by atoms with E-state index < -0.39 is 0 Å². The molecule has 2 aromatic rings. The number of nitrogens with one attached hydrogen (secondary N) is 1. The fourth-order valence-electron chi connectivity index (χ4n) is 1.16. The number of rotatable bonds is 3. The first-order valence-corrected chi connectivity index (χ1v) is 5.38. The second kappa shape index (κ2) is 6.09. The van der Waals surface area contributed by atoms with Crippen LogP contribution in [-0.4, -0.2) is 23.9 Å². The van der Waals surface area contributed by atoms with Crippen molar-refractivity contribution in [3.63, 3.8) is 0 Å². The van der Waals surface area contributed by atoms with Gasteiger partial charge < -0.3 is 9.26 Å². The van der Waals surface area contributed by atoms with Crippen LogP contribution in [0.4, 0.5) is 0 Å². The Labute approximate surface area is 114 Å². The van der Waals surface area contributed by atoms with Crippen molar-refractivity contribution in [3.8, 4) is 0 Å². The maximum Gasteiger partial charge on any atom is 0.190 e. The van der Waals surface area contributed by atoms with E-state index in [2.05, 4.69) is 5.16 Å². The maximum atomic E-state index is 7.35. The summed E-state index contributed by atoms with van der Waals surface area (Å²) in [6.07, 6.45) is 0. The molecule has 86 valence electrons. The Morgan fingerprint density at radius 2 is 2.25 bits per heavy atom. The molecule has 4 nitrogen and oxygen atoms in total. The molecule has 0 saturated carbocycles. The summed E-state index contributed by atoms with van der Waals surface area (Å²) < 4.78 is 9.90. The van der Waals surface area contributed by atoms with Crippen molar-refractivity contribution in [1.82, 2.24) is 5.16 Å². The molecule has 1 heterocycles. The summed E-state index contributed by atoms with van der Waals surface area (Å²) in [4.78, 5) is 0. The van der Waals surface area contributed by atoms with Gasteiger partial charge in [0, 0.05) is 0 Å². The lowest BCUT2D eigenvalue weighted by atomic mass is 10.3. The monoisotopic (exact) mass is 350 g/mol. The molecular formula is C10H11IN2O2S. The highest BCUT2D eigenvalue weighted by atomic mass is 127. The Kier molecular flexibility index (Phi) is 5.07. The molecule has 0 aliphatic carbocycles. The third kappa shape index (κ3) is 2.88. The number of ether oxygens (including phenoxy) is 1. The normalized spacial score (nSPS) is 9.81. The minimum atomic E-state index is 0. The van der Waals surface area contributed by atoms with Crippen molar-refractivity contribution < 1.29 is 9.26 Å². The largest absolute Gasteiger partial charge is 0.484 e. The number of nitrogens with zero attached hydrogens (tertiary/aromatic N) is 1. The van der Waals surface area contributed by atoms with Crippen molar-refractivity contribution in [2.45, 2.75) is 5.03 Å². The molecule has 0 saturated heterocycles. The topological polar surface area (TPSA) is 59.1 Å². The van der Waals surface area contributed by atoms with E-state index in [9.17, 15) is 0 Å². The van der Waals surface area contributed by atoms with Gasteiger partial charge in [0.2, 0.25) is 0 Å². The molecule has 6 heteroatoms. The molecule has 0 radical (unpaired) electrons. The number of fused-ring (bicyclic) bond motifs is 1. The summed E-state index contributed by atoms with van der Waals surface area (Å²) in [7, 11) is 1.49. The Bertz CT molecular complexity index is 486. The maximum absolute atomic E-state index is 7.35. The molecule has 0 atom stereocenters. The average Bonchev–Trinajstić information content (AvgIpc) is 2.69. The molecular weight excluding hydrogens is 339 g/mol. The zero-order chi connectivity index (χ0) is 10.7. The summed E-state index contributed by atoms with van der Waals surface area (Å²) in [5.41, 5.74) is 0.768. The molecule has 0 unspecified atom stereocenters. The van der Waals surface area contributed by atoms with Crippen LogP contribution in [0.5, 0.6) is 0 Å². The average molecular weight is 350 g/mol. The molecule has 1 aromatic carbocycles. The van der Waals surface area contributed by atoms with Crippen LogP contribution in [0, 0.1) is 5.41 Å². The molecule has 0 fully saturated rings. The molecule has 0 bridgehead atoms. The van der Waals surface area contributed by atoms with E-state index >= 15 is 0 Å². The fraction of sp³-hybridized carbons (Fsp3) is 0.200. The van der Waals surface area contributed by atoms with E-state index in [1.54, 1.807) is 0 Å². The number of aromatic nitrogens is 1. The molecule has 1 N–H and O–H groups in total. The Hall–Kier alpha value is -0.760. The van der Waals surface area contributed by atoms with Crippen LogP contribution in [0.2, 0.25) is 0 Å². The van der Waals surface area contributed by atoms with Crippen molar-refractivity contribution in [2.24, 2.45) is 0 Å².